The fraction of sp³-hybridized carbons (Fsp3) is 0.438. The molecule has 0 saturated carbocycles. The van der Waals surface area contributed by atoms with E-state index in [1.54, 1.807) is 36.3 Å². The molecular formula is C16H20F3N5OS. The Morgan fingerprint density at radius 2 is 2.19 bits per heavy atom. The minimum absolute atomic E-state index is 0.159. The predicted molar refractivity (Wildman–Crippen MR) is 95.9 cm³/mol. The summed E-state index contributed by atoms with van der Waals surface area (Å²) in [5.74, 6) is -0.728. The van der Waals surface area contributed by atoms with Crippen molar-refractivity contribution in [3.8, 4) is 5.69 Å². The summed E-state index contributed by atoms with van der Waals surface area (Å²) in [5, 5.41) is 7.04. The molecule has 142 valence electrons. The van der Waals surface area contributed by atoms with Gasteiger partial charge in [-0.25, -0.2) is 9.48 Å². The summed E-state index contributed by atoms with van der Waals surface area (Å²) in [6, 6.07) is 3.26. The van der Waals surface area contributed by atoms with Crippen molar-refractivity contribution in [1.29, 1.82) is 0 Å². The molecule has 10 heteroatoms. The second-order valence-corrected chi connectivity index (χ2v) is 6.50. The number of nitrogens with one attached hydrogen (secondary N) is 1. The van der Waals surface area contributed by atoms with Gasteiger partial charge in [0, 0.05) is 25.0 Å². The number of carbonyl (C=O) groups is 1. The zero-order valence-corrected chi connectivity index (χ0v) is 15.3. The lowest BCUT2D eigenvalue weighted by atomic mass is 10.3. The zero-order chi connectivity index (χ0) is 19.2. The Kier molecular flexibility index (Phi) is 6.90. The van der Waals surface area contributed by atoms with Crippen molar-refractivity contribution in [1.82, 2.24) is 20.1 Å². The molecule has 0 spiro atoms. The number of carbonyl (C=O) groups excluding carboxylic acids is 1. The molecule has 0 aliphatic carbocycles. The van der Waals surface area contributed by atoms with Crippen LogP contribution in [0.3, 0.4) is 0 Å². The van der Waals surface area contributed by atoms with Crippen LogP contribution in [0.5, 0.6) is 0 Å². The number of alkyl halides is 3. The second kappa shape index (κ2) is 8.93. The molecule has 2 aromatic heterocycles. The van der Waals surface area contributed by atoms with Gasteiger partial charge in [-0.2, -0.15) is 30.0 Å². The Balaban J connectivity index is 1.97. The highest BCUT2D eigenvalue weighted by molar-refractivity contribution is 7.99. The highest BCUT2D eigenvalue weighted by Crippen LogP contribution is 2.22. The summed E-state index contributed by atoms with van der Waals surface area (Å²) < 4.78 is 37.9. The van der Waals surface area contributed by atoms with E-state index >= 15 is 0 Å². The first kappa shape index (κ1) is 20.1. The van der Waals surface area contributed by atoms with Crippen LogP contribution in [0.15, 0.2) is 30.7 Å². The van der Waals surface area contributed by atoms with Crippen molar-refractivity contribution in [3.05, 3.63) is 36.4 Å². The molecule has 2 amide bonds. The predicted octanol–water partition coefficient (Wildman–Crippen LogP) is 3.41. The summed E-state index contributed by atoms with van der Waals surface area (Å²) in [5.41, 5.74) is 2.07. The highest BCUT2D eigenvalue weighted by Gasteiger charge is 2.26. The number of nitrogens with zero attached hydrogens (tertiary/aromatic N) is 4. The monoisotopic (exact) mass is 387 g/mol. The molecule has 0 saturated heterocycles. The maximum Gasteiger partial charge on any atom is 0.397 e. The van der Waals surface area contributed by atoms with E-state index in [0.29, 0.717) is 17.9 Å². The lowest BCUT2D eigenvalue weighted by Crippen LogP contribution is -2.41. The van der Waals surface area contributed by atoms with E-state index in [-0.39, 0.29) is 18.3 Å². The lowest BCUT2D eigenvalue weighted by molar-refractivity contribution is -0.105. The molecule has 0 unspecified atom stereocenters. The number of hydrogen-bond acceptors (Lipinski definition) is 4. The normalized spacial score (nSPS) is 11.4. The second-order valence-electron chi connectivity index (χ2n) is 5.40. The standard InChI is InChI=1S/C16H20F3N5OS/c1-3-23(15(25)21-7-8-26-11-16(17,18)19)14-10-24(22-12(14)2)13-5-4-6-20-9-13/h4-6,9-10H,3,7-8,11H2,1-2H3,(H,21,25). The third-order valence-corrected chi connectivity index (χ3v) is 4.45. The van der Waals surface area contributed by atoms with Gasteiger partial charge in [-0.05, 0) is 26.0 Å². The Morgan fingerprint density at radius 1 is 1.42 bits per heavy atom. The molecule has 0 atom stereocenters. The highest BCUT2D eigenvalue weighted by atomic mass is 32.2. The van der Waals surface area contributed by atoms with Gasteiger partial charge in [0.05, 0.1) is 35.2 Å². The first-order valence-corrected chi connectivity index (χ1v) is 9.14. The van der Waals surface area contributed by atoms with Crippen LogP contribution in [0.1, 0.15) is 12.6 Å². The number of hydrogen-bond donors (Lipinski definition) is 1. The van der Waals surface area contributed by atoms with Crippen molar-refractivity contribution in [2.45, 2.75) is 20.0 Å². The minimum atomic E-state index is -4.19. The SMILES string of the molecule is CCN(C(=O)NCCSCC(F)(F)F)c1cn(-c2cccnc2)nc1C. The summed E-state index contributed by atoms with van der Waals surface area (Å²) >= 11 is 0.740. The van der Waals surface area contributed by atoms with Crippen molar-refractivity contribution < 1.29 is 18.0 Å². The molecule has 0 radical (unpaired) electrons. The largest absolute Gasteiger partial charge is 0.397 e. The summed E-state index contributed by atoms with van der Waals surface area (Å²) in [7, 11) is 0. The third-order valence-electron chi connectivity index (χ3n) is 3.42. The average molecular weight is 387 g/mol. The van der Waals surface area contributed by atoms with E-state index in [4.69, 9.17) is 0 Å². The maximum absolute atomic E-state index is 12.4. The topological polar surface area (TPSA) is 63.1 Å². The number of urea groups is 1. The molecule has 0 aliphatic heterocycles. The number of amides is 2. The zero-order valence-electron chi connectivity index (χ0n) is 14.5. The Morgan fingerprint density at radius 3 is 2.81 bits per heavy atom. The summed E-state index contributed by atoms with van der Waals surface area (Å²) in [6.45, 7) is 4.17. The van der Waals surface area contributed by atoms with E-state index in [9.17, 15) is 18.0 Å². The molecule has 0 fully saturated rings. The van der Waals surface area contributed by atoms with Crippen molar-refractivity contribution in [3.63, 3.8) is 0 Å². The fourth-order valence-corrected chi connectivity index (χ4v) is 2.90. The molecule has 0 aromatic carbocycles. The third kappa shape index (κ3) is 5.65. The van der Waals surface area contributed by atoms with Crippen LogP contribution in [-0.4, -0.2) is 51.6 Å². The first-order valence-electron chi connectivity index (χ1n) is 7.98. The van der Waals surface area contributed by atoms with Crippen LogP contribution >= 0.6 is 11.8 Å². The Bertz CT molecular complexity index is 720. The van der Waals surface area contributed by atoms with Gasteiger partial charge in [-0.3, -0.25) is 9.88 Å². The molecule has 2 rings (SSSR count). The summed E-state index contributed by atoms with van der Waals surface area (Å²) in [4.78, 5) is 17.9. The van der Waals surface area contributed by atoms with Gasteiger partial charge in [0.25, 0.3) is 0 Å². The van der Waals surface area contributed by atoms with Crippen molar-refractivity contribution in [2.24, 2.45) is 0 Å². The molecule has 0 bridgehead atoms. The van der Waals surface area contributed by atoms with E-state index in [2.05, 4.69) is 15.4 Å². The molecule has 1 N–H and O–H groups in total. The number of halogens is 3. The molecule has 26 heavy (non-hydrogen) atoms. The van der Waals surface area contributed by atoms with Crippen LogP contribution in [0.4, 0.5) is 23.7 Å². The molecule has 0 aliphatic rings. The lowest BCUT2D eigenvalue weighted by Gasteiger charge is -2.20. The van der Waals surface area contributed by atoms with Crippen molar-refractivity contribution in [2.75, 3.05) is 29.5 Å². The van der Waals surface area contributed by atoms with Crippen molar-refractivity contribution >= 4 is 23.5 Å². The van der Waals surface area contributed by atoms with Gasteiger partial charge in [0.15, 0.2) is 0 Å². The van der Waals surface area contributed by atoms with Gasteiger partial charge in [0.1, 0.15) is 0 Å². The smallest absolute Gasteiger partial charge is 0.337 e. The van der Waals surface area contributed by atoms with Gasteiger partial charge >= 0.3 is 12.2 Å². The maximum atomic E-state index is 12.4. The van der Waals surface area contributed by atoms with Crippen LogP contribution in [0.25, 0.3) is 5.69 Å². The van der Waals surface area contributed by atoms with Gasteiger partial charge in [-0.15, -0.1) is 0 Å². The molecular weight excluding hydrogens is 367 g/mol. The van der Waals surface area contributed by atoms with Gasteiger partial charge in [-0.1, -0.05) is 0 Å². The van der Waals surface area contributed by atoms with Gasteiger partial charge < -0.3 is 5.32 Å². The van der Waals surface area contributed by atoms with E-state index in [0.717, 1.165) is 17.4 Å². The number of anilines is 1. The minimum Gasteiger partial charge on any atom is -0.337 e. The number of pyridine rings is 1. The molecule has 2 aromatic rings. The van der Waals surface area contributed by atoms with E-state index in [1.807, 2.05) is 13.0 Å². The molecule has 2 heterocycles. The first-order chi connectivity index (χ1) is 12.3. The number of rotatable bonds is 7. The van der Waals surface area contributed by atoms with Crippen LogP contribution in [0, 0.1) is 6.92 Å². The van der Waals surface area contributed by atoms with Crippen LogP contribution in [0.2, 0.25) is 0 Å². The summed E-state index contributed by atoms with van der Waals surface area (Å²) in [6.07, 6.45) is 0.851. The Labute approximate surface area is 153 Å². The van der Waals surface area contributed by atoms with E-state index < -0.39 is 11.9 Å². The quantitative estimate of drug-likeness (QED) is 0.740. The van der Waals surface area contributed by atoms with Gasteiger partial charge in [0.2, 0.25) is 0 Å². The fourth-order valence-electron chi connectivity index (χ4n) is 2.27. The number of thioether (sulfide) groups is 1. The molecule has 6 nitrogen and oxygen atoms in total. The van der Waals surface area contributed by atoms with E-state index in [1.165, 1.54) is 4.90 Å². The van der Waals surface area contributed by atoms with Crippen LogP contribution < -0.4 is 10.2 Å². The Hall–Kier alpha value is -2.23. The number of aryl methyl sites for hydroxylation is 1. The number of aromatic nitrogens is 3. The van der Waals surface area contributed by atoms with Crippen LogP contribution in [-0.2, 0) is 0 Å². The average Bonchev–Trinajstić information content (AvgIpc) is 2.97.